The Hall–Kier alpha value is -2.91. The molecular formula is C21H29N5O4. The monoisotopic (exact) mass is 415 g/mol. The van der Waals surface area contributed by atoms with Gasteiger partial charge in [0.05, 0.1) is 6.33 Å². The van der Waals surface area contributed by atoms with E-state index in [1.54, 1.807) is 17.9 Å². The smallest absolute Gasteiger partial charge is 0.332 e. The molecule has 0 bridgehead atoms. The molecule has 2 aromatic heterocycles. The maximum Gasteiger partial charge on any atom is 0.332 e. The number of fused-ring (bicyclic) bond motifs is 1. The van der Waals surface area contributed by atoms with Crippen molar-refractivity contribution in [1.82, 2.24) is 24.0 Å². The molecule has 1 aromatic carbocycles. The van der Waals surface area contributed by atoms with Gasteiger partial charge in [0.1, 0.15) is 18.5 Å². The van der Waals surface area contributed by atoms with Crippen molar-refractivity contribution < 1.29 is 9.84 Å². The largest absolute Gasteiger partial charge is 0.491 e. The van der Waals surface area contributed by atoms with Crippen LogP contribution in [-0.2, 0) is 20.6 Å². The summed E-state index contributed by atoms with van der Waals surface area (Å²) in [5.74, 6) is 0.780. The number of benzene rings is 1. The van der Waals surface area contributed by atoms with Crippen molar-refractivity contribution in [3.05, 3.63) is 56.5 Å². The van der Waals surface area contributed by atoms with Crippen molar-refractivity contribution in [3.8, 4) is 5.75 Å². The first-order valence-electron chi connectivity index (χ1n) is 9.99. The molecule has 162 valence electrons. The molecule has 0 radical (unpaired) electrons. The summed E-state index contributed by atoms with van der Waals surface area (Å²) < 4.78 is 9.92. The van der Waals surface area contributed by atoms with Gasteiger partial charge in [0.25, 0.3) is 5.56 Å². The van der Waals surface area contributed by atoms with Crippen LogP contribution in [0.5, 0.6) is 5.75 Å². The van der Waals surface area contributed by atoms with E-state index in [9.17, 15) is 14.7 Å². The molecule has 9 heteroatoms. The van der Waals surface area contributed by atoms with Gasteiger partial charge in [-0.2, -0.15) is 0 Å². The molecule has 0 saturated carbocycles. The summed E-state index contributed by atoms with van der Waals surface area (Å²) >= 11 is 0. The lowest BCUT2D eigenvalue weighted by molar-refractivity contribution is 0.106. The van der Waals surface area contributed by atoms with Crippen LogP contribution in [0.15, 0.2) is 34.1 Å². The van der Waals surface area contributed by atoms with E-state index in [2.05, 4.69) is 10.3 Å². The lowest BCUT2D eigenvalue weighted by Crippen LogP contribution is -2.37. The number of rotatable bonds is 9. The van der Waals surface area contributed by atoms with Gasteiger partial charge < -0.3 is 19.7 Å². The summed E-state index contributed by atoms with van der Waals surface area (Å²) in [6.45, 7) is 5.87. The van der Waals surface area contributed by atoms with E-state index in [1.807, 2.05) is 32.0 Å². The lowest BCUT2D eigenvalue weighted by Gasteiger charge is -2.15. The Labute approximate surface area is 174 Å². The summed E-state index contributed by atoms with van der Waals surface area (Å²) in [7, 11) is 3.06. The van der Waals surface area contributed by atoms with Crippen LogP contribution >= 0.6 is 0 Å². The zero-order valence-corrected chi connectivity index (χ0v) is 17.9. The van der Waals surface area contributed by atoms with Gasteiger partial charge in [0.2, 0.25) is 0 Å². The van der Waals surface area contributed by atoms with Crippen LogP contribution in [0.2, 0.25) is 0 Å². The molecule has 2 heterocycles. The van der Waals surface area contributed by atoms with Crippen molar-refractivity contribution in [2.24, 2.45) is 14.1 Å². The third-order valence-corrected chi connectivity index (χ3v) is 5.11. The van der Waals surface area contributed by atoms with Crippen molar-refractivity contribution >= 4 is 11.2 Å². The minimum Gasteiger partial charge on any atom is -0.491 e. The normalized spacial score (nSPS) is 12.4. The van der Waals surface area contributed by atoms with Crippen molar-refractivity contribution in [2.45, 2.75) is 32.9 Å². The Morgan fingerprint density at radius 1 is 1.20 bits per heavy atom. The van der Waals surface area contributed by atoms with Gasteiger partial charge in [-0.1, -0.05) is 17.7 Å². The fourth-order valence-corrected chi connectivity index (χ4v) is 3.42. The number of ether oxygens (including phenoxy) is 1. The Morgan fingerprint density at radius 2 is 1.97 bits per heavy atom. The molecule has 30 heavy (non-hydrogen) atoms. The van der Waals surface area contributed by atoms with Crippen molar-refractivity contribution in [1.29, 1.82) is 0 Å². The second kappa shape index (κ2) is 9.27. The van der Waals surface area contributed by atoms with E-state index >= 15 is 0 Å². The molecule has 0 amide bonds. The number of aliphatic hydroxyl groups excluding tert-OH is 1. The summed E-state index contributed by atoms with van der Waals surface area (Å²) in [5, 5.41) is 13.3. The minimum atomic E-state index is -0.624. The molecule has 0 spiro atoms. The summed E-state index contributed by atoms with van der Waals surface area (Å²) in [5.41, 5.74) is 2.28. The predicted molar refractivity (Wildman–Crippen MR) is 115 cm³/mol. The second-order valence-electron chi connectivity index (χ2n) is 7.61. The van der Waals surface area contributed by atoms with Gasteiger partial charge in [-0.15, -0.1) is 0 Å². The highest BCUT2D eigenvalue weighted by atomic mass is 16.5. The van der Waals surface area contributed by atoms with Crippen molar-refractivity contribution in [3.63, 3.8) is 0 Å². The molecule has 1 atom stereocenters. The molecule has 0 aliphatic rings. The van der Waals surface area contributed by atoms with Crippen LogP contribution in [0.3, 0.4) is 0 Å². The first-order valence-corrected chi connectivity index (χ1v) is 9.99. The zero-order chi connectivity index (χ0) is 21.8. The van der Waals surface area contributed by atoms with Crippen LogP contribution in [-0.4, -0.2) is 49.6 Å². The number of aromatic nitrogens is 4. The minimum absolute atomic E-state index is 0.215. The van der Waals surface area contributed by atoms with Crippen LogP contribution < -0.4 is 21.3 Å². The number of imidazole rings is 1. The van der Waals surface area contributed by atoms with Crippen LogP contribution in [0.1, 0.15) is 17.5 Å². The molecule has 0 aliphatic heterocycles. The maximum absolute atomic E-state index is 12.4. The Balaban J connectivity index is 1.46. The molecule has 3 rings (SSSR count). The Morgan fingerprint density at radius 3 is 2.70 bits per heavy atom. The number of hydrogen-bond donors (Lipinski definition) is 2. The van der Waals surface area contributed by atoms with Gasteiger partial charge in [0.15, 0.2) is 11.2 Å². The highest BCUT2D eigenvalue weighted by molar-refractivity contribution is 5.69. The molecule has 0 aliphatic carbocycles. The van der Waals surface area contributed by atoms with Crippen LogP contribution in [0.4, 0.5) is 0 Å². The third-order valence-electron chi connectivity index (χ3n) is 5.11. The maximum atomic E-state index is 12.4. The molecule has 3 aromatic rings. The number of nitrogens with one attached hydrogen (secondary N) is 1. The highest BCUT2D eigenvalue weighted by Gasteiger charge is 2.14. The average molecular weight is 415 g/mol. The fraction of sp³-hybridized carbons (Fsp3) is 0.476. The Bertz CT molecular complexity index is 1140. The highest BCUT2D eigenvalue weighted by Crippen LogP contribution is 2.18. The third kappa shape index (κ3) is 4.63. The first kappa shape index (κ1) is 21.8. The van der Waals surface area contributed by atoms with Gasteiger partial charge in [-0.05, 0) is 38.4 Å². The Kier molecular flexibility index (Phi) is 6.73. The van der Waals surface area contributed by atoms with Gasteiger partial charge >= 0.3 is 5.69 Å². The van der Waals surface area contributed by atoms with E-state index in [1.165, 1.54) is 17.2 Å². The number of aliphatic hydroxyl groups is 1. The summed E-state index contributed by atoms with van der Waals surface area (Å²) in [6.07, 6.45) is 1.70. The molecule has 9 nitrogen and oxygen atoms in total. The number of hydrogen-bond acceptors (Lipinski definition) is 6. The molecule has 0 saturated heterocycles. The fourth-order valence-electron chi connectivity index (χ4n) is 3.42. The van der Waals surface area contributed by atoms with E-state index < -0.39 is 11.8 Å². The standard InChI is InChI=1S/C21H29N5O4/c1-14-6-7-17(15(2)10-14)30-12-16(27)11-22-8-5-9-26-13-23-19-18(26)20(28)25(4)21(29)24(19)3/h6-7,10,13,16,22,27H,5,8-9,11-12H2,1-4H3. The average Bonchev–Trinajstić information content (AvgIpc) is 3.14. The van der Waals surface area contributed by atoms with Crippen LogP contribution in [0.25, 0.3) is 11.2 Å². The number of nitrogens with zero attached hydrogens (tertiary/aromatic N) is 4. The van der Waals surface area contributed by atoms with E-state index in [0.717, 1.165) is 22.3 Å². The van der Waals surface area contributed by atoms with E-state index in [-0.39, 0.29) is 12.2 Å². The van der Waals surface area contributed by atoms with Crippen molar-refractivity contribution in [2.75, 3.05) is 19.7 Å². The van der Waals surface area contributed by atoms with Crippen LogP contribution in [0, 0.1) is 13.8 Å². The zero-order valence-electron chi connectivity index (χ0n) is 17.9. The molecule has 1 unspecified atom stereocenters. The lowest BCUT2D eigenvalue weighted by atomic mass is 10.1. The van der Waals surface area contributed by atoms with E-state index in [4.69, 9.17) is 4.74 Å². The molecular weight excluding hydrogens is 386 g/mol. The number of aryl methyl sites for hydroxylation is 4. The quantitative estimate of drug-likeness (QED) is 0.493. The predicted octanol–water partition coefficient (Wildman–Crippen LogP) is 0.470. The molecule has 0 fully saturated rings. The summed E-state index contributed by atoms with van der Waals surface area (Å²) in [4.78, 5) is 28.6. The molecule has 2 N–H and O–H groups in total. The van der Waals surface area contributed by atoms with E-state index in [0.29, 0.717) is 30.8 Å². The first-order chi connectivity index (χ1) is 14.3. The second-order valence-corrected chi connectivity index (χ2v) is 7.61. The SMILES string of the molecule is Cc1ccc(OCC(O)CNCCCn2cnc3c2c(=O)n(C)c(=O)n3C)c(C)c1. The van der Waals surface area contributed by atoms with Gasteiger partial charge in [0, 0.05) is 27.2 Å². The van der Waals surface area contributed by atoms with Gasteiger partial charge in [-0.3, -0.25) is 13.9 Å². The topological polar surface area (TPSA) is 103 Å². The van der Waals surface area contributed by atoms with Gasteiger partial charge in [-0.25, -0.2) is 9.78 Å². The summed E-state index contributed by atoms with van der Waals surface area (Å²) in [6, 6.07) is 5.95.